The van der Waals surface area contributed by atoms with E-state index in [4.69, 9.17) is 9.47 Å². The molecule has 0 spiro atoms. The van der Waals surface area contributed by atoms with Gasteiger partial charge in [-0.2, -0.15) is 0 Å². The van der Waals surface area contributed by atoms with Gasteiger partial charge in [0.15, 0.2) is 0 Å². The predicted molar refractivity (Wildman–Crippen MR) is 50.0 cm³/mol. The number of hydrogen-bond acceptors (Lipinski definition) is 3. The fraction of sp³-hybridized carbons (Fsp3) is 0.300. The SMILES string of the molecule is CCC(=O)Oc1ccc(OC)cc1.[H-].[Na+]. The van der Waals surface area contributed by atoms with Crippen LogP contribution in [0, 0.1) is 0 Å². The van der Waals surface area contributed by atoms with Crippen LogP contribution in [0.1, 0.15) is 14.8 Å². The second-order valence-corrected chi connectivity index (χ2v) is 2.50. The van der Waals surface area contributed by atoms with Crippen LogP contribution in [0.25, 0.3) is 0 Å². The summed E-state index contributed by atoms with van der Waals surface area (Å²) in [7, 11) is 1.59. The van der Waals surface area contributed by atoms with Crippen molar-refractivity contribution in [3.63, 3.8) is 0 Å². The van der Waals surface area contributed by atoms with E-state index in [2.05, 4.69) is 0 Å². The number of esters is 1. The maximum atomic E-state index is 10.9. The Labute approximate surface area is 107 Å². The van der Waals surface area contributed by atoms with Gasteiger partial charge in [-0.15, -0.1) is 0 Å². The molecule has 0 N–H and O–H groups in total. The summed E-state index contributed by atoms with van der Waals surface area (Å²) in [5, 5.41) is 0. The fourth-order valence-electron chi connectivity index (χ4n) is 0.847. The number of ether oxygens (including phenoxy) is 2. The van der Waals surface area contributed by atoms with Gasteiger partial charge < -0.3 is 10.9 Å². The maximum absolute atomic E-state index is 10.9. The Kier molecular flexibility index (Phi) is 6.62. The Morgan fingerprint density at radius 2 is 1.79 bits per heavy atom. The summed E-state index contributed by atoms with van der Waals surface area (Å²) in [6.07, 6.45) is 0.381. The van der Waals surface area contributed by atoms with Crippen LogP contribution >= 0.6 is 0 Å². The Hall–Kier alpha value is -0.510. The molecule has 0 aliphatic carbocycles. The molecule has 0 aliphatic heterocycles. The Morgan fingerprint density at radius 1 is 1.29 bits per heavy atom. The quantitative estimate of drug-likeness (QED) is 0.364. The van der Waals surface area contributed by atoms with E-state index in [1.165, 1.54) is 0 Å². The van der Waals surface area contributed by atoms with Crippen LogP contribution in [0.4, 0.5) is 0 Å². The van der Waals surface area contributed by atoms with Gasteiger partial charge in [-0.05, 0) is 24.3 Å². The second-order valence-electron chi connectivity index (χ2n) is 2.50. The molecule has 0 fully saturated rings. The van der Waals surface area contributed by atoms with Crippen molar-refractivity contribution >= 4 is 5.97 Å². The molecule has 14 heavy (non-hydrogen) atoms. The second kappa shape index (κ2) is 6.87. The average molecular weight is 204 g/mol. The van der Waals surface area contributed by atoms with Crippen LogP contribution < -0.4 is 39.0 Å². The van der Waals surface area contributed by atoms with Gasteiger partial charge in [0, 0.05) is 6.42 Å². The van der Waals surface area contributed by atoms with E-state index in [9.17, 15) is 4.79 Å². The van der Waals surface area contributed by atoms with Gasteiger partial charge in [0.25, 0.3) is 0 Å². The smallest absolute Gasteiger partial charge is 1.00 e. The number of rotatable bonds is 3. The van der Waals surface area contributed by atoms with Gasteiger partial charge in [0.2, 0.25) is 0 Å². The first-order valence-electron chi connectivity index (χ1n) is 4.11. The molecule has 0 aliphatic rings. The van der Waals surface area contributed by atoms with Crippen LogP contribution in [-0.2, 0) is 4.79 Å². The Balaban J connectivity index is 0. The largest absolute Gasteiger partial charge is 1.00 e. The molecule has 0 saturated carbocycles. The van der Waals surface area contributed by atoms with Gasteiger partial charge in [0.1, 0.15) is 11.5 Å². The van der Waals surface area contributed by atoms with Crippen LogP contribution in [0.3, 0.4) is 0 Å². The van der Waals surface area contributed by atoms with Crippen LogP contribution in [0.2, 0.25) is 0 Å². The Morgan fingerprint density at radius 3 is 2.21 bits per heavy atom. The number of carbonyl (C=O) groups is 1. The molecule has 0 atom stereocenters. The van der Waals surface area contributed by atoms with Crippen LogP contribution in [0.15, 0.2) is 24.3 Å². The minimum absolute atomic E-state index is 0. The monoisotopic (exact) mass is 204 g/mol. The molecule has 4 heteroatoms. The van der Waals surface area contributed by atoms with E-state index in [1.807, 2.05) is 0 Å². The standard InChI is InChI=1S/C10H12O3.Na.H/c1-3-10(11)13-9-6-4-8(12-2)5-7-9;;/h4-7H,3H2,1-2H3;;/q;+1;-1. The topological polar surface area (TPSA) is 35.5 Å². The van der Waals surface area contributed by atoms with Crippen molar-refractivity contribution in [1.29, 1.82) is 0 Å². The van der Waals surface area contributed by atoms with Crippen LogP contribution in [0.5, 0.6) is 11.5 Å². The van der Waals surface area contributed by atoms with E-state index < -0.39 is 0 Å². The van der Waals surface area contributed by atoms with Crippen molar-refractivity contribution in [2.24, 2.45) is 0 Å². The summed E-state index contributed by atoms with van der Waals surface area (Å²) in [6.45, 7) is 1.76. The van der Waals surface area contributed by atoms with Gasteiger partial charge >= 0.3 is 35.5 Å². The van der Waals surface area contributed by atoms with Gasteiger partial charge in [-0.1, -0.05) is 6.92 Å². The zero-order valence-corrected chi connectivity index (χ0v) is 10.7. The van der Waals surface area contributed by atoms with Crippen molar-refractivity contribution < 1.29 is 45.3 Å². The number of methoxy groups -OCH3 is 1. The van der Waals surface area contributed by atoms with E-state index in [-0.39, 0.29) is 37.0 Å². The first-order chi connectivity index (χ1) is 6.26. The van der Waals surface area contributed by atoms with Crippen molar-refractivity contribution in [2.45, 2.75) is 13.3 Å². The summed E-state index contributed by atoms with van der Waals surface area (Å²) >= 11 is 0. The first-order valence-corrected chi connectivity index (χ1v) is 4.11. The molecule has 72 valence electrons. The van der Waals surface area contributed by atoms with E-state index >= 15 is 0 Å². The minimum Gasteiger partial charge on any atom is -1.00 e. The third-order valence-electron chi connectivity index (χ3n) is 1.58. The predicted octanol–water partition coefficient (Wildman–Crippen LogP) is -0.873. The molecule has 1 aromatic rings. The molecule has 0 radical (unpaired) electrons. The van der Waals surface area contributed by atoms with Gasteiger partial charge in [0.05, 0.1) is 7.11 Å². The summed E-state index contributed by atoms with van der Waals surface area (Å²) in [5.41, 5.74) is 0. The van der Waals surface area contributed by atoms with Crippen molar-refractivity contribution in [1.82, 2.24) is 0 Å². The molecule has 0 amide bonds. The average Bonchev–Trinajstić information content (AvgIpc) is 2.19. The minimum atomic E-state index is -0.231. The molecular formula is C10H13NaO3. The van der Waals surface area contributed by atoms with E-state index in [1.54, 1.807) is 38.3 Å². The molecule has 0 aromatic heterocycles. The number of carbonyl (C=O) groups excluding carboxylic acids is 1. The third-order valence-corrected chi connectivity index (χ3v) is 1.58. The molecule has 1 aromatic carbocycles. The number of hydrogen-bond donors (Lipinski definition) is 0. The molecular weight excluding hydrogens is 191 g/mol. The maximum Gasteiger partial charge on any atom is 1.00 e. The molecule has 0 saturated heterocycles. The molecule has 0 unspecified atom stereocenters. The summed E-state index contributed by atoms with van der Waals surface area (Å²) in [4.78, 5) is 10.9. The first kappa shape index (κ1) is 13.5. The zero-order chi connectivity index (χ0) is 9.68. The van der Waals surface area contributed by atoms with Crippen molar-refractivity contribution in [2.75, 3.05) is 7.11 Å². The van der Waals surface area contributed by atoms with Gasteiger partial charge in [-0.3, -0.25) is 4.79 Å². The summed E-state index contributed by atoms with van der Waals surface area (Å²) in [6, 6.07) is 6.90. The molecule has 1 rings (SSSR count). The van der Waals surface area contributed by atoms with E-state index in [0.29, 0.717) is 12.2 Å². The molecule has 0 bridgehead atoms. The Bertz CT molecular complexity index is 287. The number of benzene rings is 1. The van der Waals surface area contributed by atoms with Gasteiger partial charge in [-0.25, -0.2) is 0 Å². The normalized spacial score (nSPS) is 8.71. The van der Waals surface area contributed by atoms with E-state index in [0.717, 1.165) is 5.75 Å². The molecule has 0 heterocycles. The summed E-state index contributed by atoms with van der Waals surface area (Å²) in [5.74, 6) is 1.06. The third kappa shape index (κ3) is 4.13. The van der Waals surface area contributed by atoms with Crippen molar-refractivity contribution in [3.8, 4) is 11.5 Å². The van der Waals surface area contributed by atoms with Crippen LogP contribution in [-0.4, -0.2) is 13.1 Å². The summed E-state index contributed by atoms with van der Waals surface area (Å²) < 4.78 is 9.93. The fourth-order valence-corrected chi connectivity index (χ4v) is 0.847. The van der Waals surface area contributed by atoms with Crippen molar-refractivity contribution in [3.05, 3.63) is 24.3 Å². The molecule has 3 nitrogen and oxygen atoms in total. The zero-order valence-electron chi connectivity index (χ0n) is 9.74.